The third-order valence-corrected chi connectivity index (χ3v) is 7.13. The molecule has 1 aromatic heterocycles. The molecule has 0 bridgehead atoms. The molecular formula is C25H22ClF3N4O5S. The van der Waals surface area contributed by atoms with Gasteiger partial charge in [-0.25, -0.2) is 31.6 Å². The first kappa shape index (κ1) is 28.3. The van der Waals surface area contributed by atoms with Gasteiger partial charge >= 0.3 is 0 Å². The van der Waals surface area contributed by atoms with Crippen LogP contribution < -0.4 is 10.0 Å². The second-order valence-corrected chi connectivity index (χ2v) is 11.2. The van der Waals surface area contributed by atoms with Crippen molar-refractivity contribution in [2.45, 2.75) is 37.4 Å². The topological polar surface area (TPSA) is 131 Å². The summed E-state index contributed by atoms with van der Waals surface area (Å²) in [5.41, 5.74) is -2.77. The van der Waals surface area contributed by atoms with Gasteiger partial charge in [-0.1, -0.05) is 11.6 Å². The summed E-state index contributed by atoms with van der Waals surface area (Å²) in [5.74, 6) is -4.19. The van der Waals surface area contributed by atoms with Gasteiger partial charge in [-0.2, -0.15) is 0 Å². The summed E-state index contributed by atoms with van der Waals surface area (Å²) in [5, 5.41) is 12.2. The van der Waals surface area contributed by atoms with Gasteiger partial charge in [-0.15, -0.1) is 0 Å². The molecule has 206 valence electrons. The molecular weight excluding hydrogens is 561 g/mol. The van der Waals surface area contributed by atoms with Crippen LogP contribution in [0.15, 0.2) is 47.5 Å². The number of sulfonamides is 1. The number of Topliss-reactive ketones (excluding diaryl/α,β-unsaturated/α-hetero) is 1. The average molecular weight is 583 g/mol. The number of nitrogens with one attached hydrogen (secondary N) is 2. The SMILES string of the molecule is C[C@H](O)CNc1nccc(C2=C(c3cc(Cl)cc(NS(=O)(=O)c4cc(F)ccc4F)c3F)C(=O)C(C)(C)O2)n1. The lowest BCUT2D eigenvalue weighted by molar-refractivity contribution is -0.125. The Morgan fingerprint density at radius 2 is 1.87 bits per heavy atom. The predicted octanol–water partition coefficient (Wildman–Crippen LogP) is 4.39. The fourth-order valence-electron chi connectivity index (χ4n) is 3.72. The second-order valence-electron chi connectivity index (χ2n) is 9.14. The highest BCUT2D eigenvalue weighted by atomic mass is 35.5. The Labute approximate surface area is 226 Å². The number of ketones is 1. The van der Waals surface area contributed by atoms with Gasteiger partial charge in [0.05, 0.1) is 17.4 Å². The van der Waals surface area contributed by atoms with Crippen LogP contribution >= 0.6 is 11.6 Å². The van der Waals surface area contributed by atoms with Crippen molar-refractivity contribution in [3.8, 4) is 0 Å². The Morgan fingerprint density at radius 1 is 1.15 bits per heavy atom. The molecule has 0 fully saturated rings. The summed E-state index contributed by atoms with van der Waals surface area (Å²) in [4.78, 5) is 20.6. The minimum absolute atomic E-state index is 0.0929. The van der Waals surface area contributed by atoms with E-state index >= 15 is 4.39 Å². The summed E-state index contributed by atoms with van der Waals surface area (Å²) >= 11 is 6.17. The largest absolute Gasteiger partial charge is 0.477 e. The molecule has 9 nitrogen and oxygen atoms in total. The molecule has 1 atom stereocenters. The van der Waals surface area contributed by atoms with Crippen LogP contribution in [0.5, 0.6) is 0 Å². The number of halogens is 4. The van der Waals surface area contributed by atoms with E-state index in [2.05, 4.69) is 15.3 Å². The quantitative estimate of drug-likeness (QED) is 0.357. The lowest BCUT2D eigenvalue weighted by Gasteiger charge is -2.17. The van der Waals surface area contributed by atoms with Crippen molar-refractivity contribution in [1.29, 1.82) is 0 Å². The highest BCUT2D eigenvalue weighted by molar-refractivity contribution is 7.92. The van der Waals surface area contributed by atoms with Crippen molar-refractivity contribution in [2.75, 3.05) is 16.6 Å². The summed E-state index contributed by atoms with van der Waals surface area (Å²) in [6.45, 7) is 4.58. The standard InChI is InChI=1S/C25H22ClF3N4O5S/c1-12(34)11-31-24-30-7-6-17(32-24)22-20(23(35)25(2,3)38-22)15-8-13(26)9-18(21(15)29)33-39(36,37)19-10-14(27)4-5-16(19)28/h4-10,12,33-34H,11H2,1-3H3,(H,30,31,32)/t12-/m0/s1. The first-order valence-electron chi connectivity index (χ1n) is 11.4. The predicted molar refractivity (Wildman–Crippen MR) is 138 cm³/mol. The van der Waals surface area contributed by atoms with E-state index < -0.39 is 61.1 Å². The van der Waals surface area contributed by atoms with E-state index in [1.165, 1.54) is 26.1 Å². The molecule has 0 aliphatic carbocycles. The molecule has 0 saturated carbocycles. The number of nitrogens with zero attached hydrogens (tertiary/aromatic N) is 2. The van der Waals surface area contributed by atoms with Crippen LogP contribution in [0, 0.1) is 17.5 Å². The number of carbonyl (C=O) groups excluding carboxylic acids is 1. The number of aliphatic hydroxyl groups excluding tert-OH is 1. The van der Waals surface area contributed by atoms with Gasteiger partial charge in [-0.3, -0.25) is 9.52 Å². The maximum Gasteiger partial charge on any atom is 0.265 e. The third-order valence-electron chi connectivity index (χ3n) is 5.54. The van der Waals surface area contributed by atoms with E-state index in [1.54, 1.807) is 6.92 Å². The molecule has 3 aromatic rings. The highest BCUT2D eigenvalue weighted by Gasteiger charge is 2.44. The fourth-order valence-corrected chi connectivity index (χ4v) is 5.08. The zero-order chi connectivity index (χ0) is 28.7. The zero-order valence-corrected chi connectivity index (χ0v) is 22.3. The first-order chi connectivity index (χ1) is 18.2. The smallest absolute Gasteiger partial charge is 0.265 e. The van der Waals surface area contributed by atoms with Crippen LogP contribution in [0.2, 0.25) is 5.02 Å². The molecule has 0 spiro atoms. The molecule has 0 radical (unpaired) electrons. The molecule has 1 aliphatic rings. The molecule has 0 unspecified atom stereocenters. The first-order valence-corrected chi connectivity index (χ1v) is 13.3. The maximum absolute atomic E-state index is 15.9. The van der Waals surface area contributed by atoms with Gasteiger partial charge < -0.3 is 15.2 Å². The second kappa shape index (κ2) is 10.5. The molecule has 2 heterocycles. The van der Waals surface area contributed by atoms with E-state index in [-0.39, 0.29) is 34.5 Å². The Morgan fingerprint density at radius 3 is 2.56 bits per heavy atom. The Hall–Kier alpha value is -3.68. The van der Waals surface area contributed by atoms with Gasteiger partial charge in [0.25, 0.3) is 10.0 Å². The summed E-state index contributed by atoms with van der Waals surface area (Å²) < 4.78 is 77.0. The maximum atomic E-state index is 15.9. The Balaban J connectivity index is 1.84. The van der Waals surface area contributed by atoms with Crippen LogP contribution in [-0.4, -0.2) is 47.5 Å². The average Bonchev–Trinajstić information content (AvgIpc) is 3.10. The number of ether oxygens (including phenoxy) is 1. The number of hydrogen-bond acceptors (Lipinski definition) is 8. The molecule has 0 amide bonds. The van der Waals surface area contributed by atoms with E-state index in [9.17, 15) is 27.1 Å². The van der Waals surface area contributed by atoms with Crippen LogP contribution in [0.1, 0.15) is 32.0 Å². The van der Waals surface area contributed by atoms with Crippen molar-refractivity contribution >= 4 is 50.4 Å². The minimum atomic E-state index is -4.81. The summed E-state index contributed by atoms with van der Waals surface area (Å²) in [6, 6.07) is 5.22. The number of aromatic nitrogens is 2. The number of benzene rings is 2. The van der Waals surface area contributed by atoms with E-state index in [4.69, 9.17) is 16.3 Å². The van der Waals surface area contributed by atoms with Gasteiger partial charge in [0.15, 0.2) is 17.2 Å². The normalized spacial score (nSPS) is 15.7. The Bertz CT molecular complexity index is 1610. The minimum Gasteiger partial charge on any atom is -0.477 e. The van der Waals surface area contributed by atoms with Crippen LogP contribution in [0.25, 0.3) is 11.3 Å². The highest BCUT2D eigenvalue weighted by Crippen LogP contribution is 2.43. The molecule has 14 heteroatoms. The number of rotatable bonds is 8. The van der Waals surface area contributed by atoms with Crippen molar-refractivity contribution in [3.05, 3.63) is 76.3 Å². The van der Waals surface area contributed by atoms with E-state index in [0.717, 1.165) is 18.2 Å². The number of anilines is 2. The molecule has 1 aliphatic heterocycles. The monoisotopic (exact) mass is 582 g/mol. The van der Waals surface area contributed by atoms with E-state index in [1.807, 2.05) is 4.72 Å². The lowest BCUT2D eigenvalue weighted by Crippen LogP contribution is -2.29. The van der Waals surface area contributed by atoms with Crippen molar-refractivity contribution in [2.24, 2.45) is 0 Å². The third kappa shape index (κ3) is 5.84. The lowest BCUT2D eigenvalue weighted by atomic mass is 9.92. The number of hydrogen-bond donors (Lipinski definition) is 3. The molecule has 39 heavy (non-hydrogen) atoms. The molecule has 0 saturated heterocycles. The number of aliphatic hydroxyl groups is 1. The summed E-state index contributed by atoms with van der Waals surface area (Å²) in [7, 11) is -4.81. The van der Waals surface area contributed by atoms with Gasteiger partial charge in [0.2, 0.25) is 11.7 Å². The van der Waals surface area contributed by atoms with Crippen molar-refractivity contribution in [1.82, 2.24) is 9.97 Å². The van der Waals surface area contributed by atoms with Gasteiger partial charge in [0.1, 0.15) is 22.2 Å². The van der Waals surface area contributed by atoms with Crippen molar-refractivity contribution in [3.63, 3.8) is 0 Å². The Kier molecular flexibility index (Phi) is 7.61. The van der Waals surface area contributed by atoms with Crippen LogP contribution in [0.3, 0.4) is 0 Å². The van der Waals surface area contributed by atoms with Crippen LogP contribution in [0.4, 0.5) is 24.8 Å². The van der Waals surface area contributed by atoms with E-state index in [0.29, 0.717) is 12.1 Å². The van der Waals surface area contributed by atoms with Crippen LogP contribution in [-0.2, 0) is 19.6 Å². The fraction of sp³-hybridized carbons (Fsp3) is 0.240. The zero-order valence-electron chi connectivity index (χ0n) is 20.7. The van der Waals surface area contributed by atoms with Gasteiger partial charge in [-0.05, 0) is 57.2 Å². The number of carbonyl (C=O) groups is 1. The van der Waals surface area contributed by atoms with Crippen molar-refractivity contribution < 1.29 is 36.2 Å². The molecule has 4 rings (SSSR count). The molecule has 2 aromatic carbocycles. The van der Waals surface area contributed by atoms with Gasteiger partial charge in [0, 0.05) is 23.3 Å². The molecule has 3 N–H and O–H groups in total. The summed E-state index contributed by atoms with van der Waals surface area (Å²) in [6.07, 6.45) is 0.650.